The van der Waals surface area contributed by atoms with Gasteiger partial charge in [-0.05, 0) is 29.7 Å². The van der Waals surface area contributed by atoms with E-state index >= 15 is 0 Å². The highest BCUT2D eigenvalue weighted by Gasteiger charge is 2.23. The summed E-state index contributed by atoms with van der Waals surface area (Å²) in [6, 6.07) is 4.20. The zero-order valence-electron chi connectivity index (χ0n) is 8.43. The second-order valence-electron chi connectivity index (χ2n) is 3.76. The maximum Gasteiger partial charge on any atom is 0.335 e. The molecule has 0 saturated carbocycles. The van der Waals surface area contributed by atoms with Crippen LogP contribution in [0.3, 0.4) is 0 Å². The van der Waals surface area contributed by atoms with E-state index < -0.39 is 18.0 Å². The van der Waals surface area contributed by atoms with Gasteiger partial charge in [-0.2, -0.15) is 0 Å². The van der Waals surface area contributed by atoms with Crippen LogP contribution in [0.4, 0.5) is 0 Å². The Morgan fingerprint density at radius 2 is 2.00 bits per heavy atom. The van der Waals surface area contributed by atoms with Crippen LogP contribution in [-0.2, 0) is 17.8 Å². The lowest BCUT2D eigenvalue weighted by atomic mass is 9.94. The molecule has 1 atom stereocenters. The highest BCUT2D eigenvalue weighted by Crippen LogP contribution is 2.18. The summed E-state index contributed by atoms with van der Waals surface area (Å²) < 4.78 is 0. The molecule has 84 valence electrons. The number of aliphatic carboxylic acids is 1. The molecule has 1 aliphatic rings. The minimum absolute atomic E-state index is 0.231. The summed E-state index contributed by atoms with van der Waals surface area (Å²) in [6.45, 7) is 0.396. The molecule has 1 aromatic rings. The van der Waals surface area contributed by atoms with Crippen molar-refractivity contribution in [1.29, 1.82) is 0 Å². The van der Waals surface area contributed by atoms with Crippen molar-refractivity contribution in [3.63, 3.8) is 0 Å². The predicted molar refractivity (Wildman–Crippen MR) is 55.4 cm³/mol. The molecule has 0 aromatic heterocycles. The van der Waals surface area contributed by atoms with Crippen LogP contribution in [0.15, 0.2) is 18.2 Å². The highest BCUT2D eigenvalue weighted by atomic mass is 16.4. The molecule has 0 aliphatic carbocycles. The minimum atomic E-state index is -0.969. The molecule has 1 aliphatic heterocycles. The summed E-state index contributed by atoms with van der Waals surface area (Å²) >= 11 is 0. The van der Waals surface area contributed by atoms with Crippen LogP contribution in [0.5, 0.6) is 0 Å². The third-order valence-corrected chi connectivity index (χ3v) is 2.71. The molecule has 5 heteroatoms. The normalized spacial score (nSPS) is 18.9. The molecule has 0 fully saturated rings. The number of hydrogen-bond donors (Lipinski definition) is 3. The first-order valence-electron chi connectivity index (χ1n) is 4.89. The Hall–Kier alpha value is -1.88. The zero-order valence-corrected chi connectivity index (χ0v) is 8.43. The zero-order chi connectivity index (χ0) is 11.7. The van der Waals surface area contributed by atoms with Gasteiger partial charge in [0.2, 0.25) is 0 Å². The van der Waals surface area contributed by atoms with Gasteiger partial charge in [0.1, 0.15) is 6.04 Å². The molecule has 3 N–H and O–H groups in total. The summed E-state index contributed by atoms with van der Waals surface area (Å²) in [5.74, 6) is -1.85. The fourth-order valence-electron chi connectivity index (χ4n) is 1.82. The lowest BCUT2D eigenvalue weighted by Gasteiger charge is -2.23. The average Bonchev–Trinajstić information content (AvgIpc) is 2.27. The summed E-state index contributed by atoms with van der Waals surface area (Å²) in [5.41, 5.74) is 1.99. The topological polar surface area (TPSA) is 86.6 Å². The van der Waals surface area contributed by atoms with Gasteiger partial charge in [0.25, 0.3) is 0 Å². The molecule has 0 unspecified atom stereocenters. The van der Waals surface area contributed by atoms with Gasteiger partial charge >= 0.3 is 11.9 Å². The van der Waals surface area contributed by atoms with Crippen molar-refractivity contribution in [1.82, 2.24) is 5.32 Å². The van der Waals surface area contributed by atoms with Gasteiger partial charge in [-0.25, -0.2) is 4.79 Å². The Morgan fingerprint density at radius 1 is 1.25 bits per heavy atom. The molecular formula is C11H11NO4. The van der Waals surface area contributed by atoms with Gasteiger partial charge in [0, 0.05) is 6.54 Å². The molecular weight excluding hydrogens is 210 g/mol. The van der Waals surface area contributed by atoms with Crippen molar-refractivity contribution in [2.24, 2.45) is 0 Å². The molecule has 1 aromatic carbocycles. The van der Waals surface area contributed by atoms with Crippen molar-refractivity contribution >= 4 is 11.9 Å². The summed E-state index contributed by atoms with van der Waals surface area (Å²) in [4.78, 5) is 21.5. The van der Waals surface area contributed by atoms with Crippen molar-refractivity contribution in [3.8, 4) is 0 Å². The second kappa shape index (κ2) is 3.94. The fourth-order valence-corrected chi connectivity index (χ4v) is 1.82. The van der Waals surface area contributed by atoms with Crippen molar-refractivity contribution in [2.45, 2.75) is 19.0 Å². The fraction of sp³-hybridized carbons (Fsp3) is 0.273. The van der Waals surface area contributed by atoms with Crippen LogP contribution in [0.25, 0.3) is 0 Å². The van der Waals surface area contributed by atoms with Crippen LogP contribution < -0.4 is 5.32 Å². The van der Waals surface area contributed by atoms with Gasteiger partial charge in [-0.1, -0.05) is 6.07 Å². The predicted octanol–water partition coefficient (Wildman–Crippen LogP) is 0.484. The van der Waals surface area contributed by atoms with Gasteiger partial charge in [0.05, 0.1) is 5.56 Å². The van der Waals surface area contributed by atoms with E-state index in [-0.39, 0.29) is 5.56 Å². The van der Waals surface area contributed by atoms with E-state index in [0.717, 1.165) is 11.1 Å². The largest absolute Gasteiger partial charge is 0.480 e. The number of carboxylic acids is 2. The lowest BCUT2D eigenvalue weighted by Crippen LogP contribution is -2.41. The quantitative estimate of drug-likeness (QED) is 0.676. The Morgan fingerprint density at radius 3 is 2.62 bits per heavy atom. The Kier molecular flexibility index (Phi) is 2.62. The number of rotatable bonds is 2. The van der Waals surface area contributed by atoms with E-state index in [0.29, 0.717) is 13.0 Å². The van der Waals surface area contributed by atoms with Crippen LogP contribution in [0, 0.1) is 0 Å². The number of benzene rings is 1. The van der Waals surface area contributed by atoms with Crippen molar-refractivity contribution in [2.75, 3.05) is 0 Å². The number of fused-ring (bicyclic) bond motifs is 1. The van der Waals surface area contributed by atoms with E-state index in [1.807, 2.05) is 0 Å². The number of hydrogen-bond acceptors (Lipinski definition) is 3. The second-order valence-corrected chi connectivity index (χ2v) is 3.76. The minimum Gasteiger partial charge on any atom is -0.480 e. The first kappa shape index (κ1) is 10.6. The van der Waals surface area contributed by atoms with Crippen LogP contribution >= 0.6 is 0 Å². The first-order valence-corrected chi connectivity index (χ1v) is 4.89. The molecule has 0 radical (unpaired) electrons. The van der Waals surface area contributed by atoms with E-state index in [1.54, 1.807) is 12.1 Å². The third-order valence-electron chi connectivity index (χ3n) is 2.71. The van der Waals surface area contributed by atoms with E-state index in [2.05, 4.69) is 5.32 Å². The standard InChI is InChI=1S/C11H11NO4/c13-10(14)7-2-1-6-4-9(11(15)16)12-5-8(6)3-7/h1-3,9,12H,4-5H2,(H,13,14)(H,15,16)/t9-/m1/s1. The number of carbonyl (C=O) groups is 2. The number of nitrogens with one attached hydrogen (secondary N) is 1. The van der Waals surface area contributed by atoms with E-state index in [1.165, 1.54) is 6.07 Å². The van der Waals surface area contributed by atoms with Crippen molar-refractivity contribution in [3.05, 3.63) is 34.9 Å². The smallest absolute Gasteiger partial charge is 0.335 e. The molecule has 0 saturated heterocycles. The van der Waals surface area contributed by atoms with E-state index in [9.17, 15) is 9.59 Å². The molecule has 16 heavy (non-hydrogen) atoms. The van der Waals surface area contributed by atoms with Crippen LogP contribution in [0.2, 0.25) is 0 Å². The first-order chi connectivity index (χ1) is 7.58. The van der Waals surface area contributed by atoms with Crippen molar-refractivity contribution < 1.29 is 19.8 Å². The summed E-state index contributed by atoms with van der Waals surface area (Å²) in [6.07, 6.45) is 0.393. The molecule has 2 rings (SSSR count). The Labute approximate surface area is 91.7 Å². The van der Waals surface area contributed by atoms with Gasteiger partial charge in [-0.15, -0.1) is 0 Å². The Balaban J connectivity index is 2.29. The summed E-state index contributed by atoms with van der Waals surface area (Å²) in [7, 11) is 0. The lowest BCUT2D eigenvalue weighted by molar-refractivity contribution is -0.139. The SMILES string of the molecule is O=C(O)c1ccc2c(c1)CN[C@@H](C(=O)O)C2. The maximum absolute atomic E-state index is 10.8. The average molecular weight is 221 g/mol. The molecule has 5 nitrogen and oxygen atoms in total. The van der Waals surface area contributed by atoms with Gasteiger partial charge in [-0.3, -0.25) is 4.79 Å². The van der Waals surface area contributed by atoms with Crippen LogP contribution in [-0.4, -0.2) is 28.2 Å². The maximum atomic E-state index is 10.8. The van der Waals surface area contributed by atoms with Crippen LogP contribution in [0.1, 0.15) is 21.5 Å². The number of carboxylic acid groups (broad SMARTS) is 2. The number of aromatic carboxylic acids is 1. The van der Waals surface area contributed by atoms with E-state index in [4.69, 9.17) is 10.2 Å². The summed E-state index contributed by atoms with van der Waals surface area (Å²) in [5, 5.41) is 20.5. The van der Waals surface area contributed by atoms with Gasteiger partial charge in [0.15, 0.2) is 0 Å². The molecule has 0 bridgehead atoms. The Bertz CT molecular complexity index is 455. The molecule has 0 amide bonds. The molecule has 1 heterocycles. The van der Waals surface area contributed by atoms with Gasteiger partial charge < -0.3 is 15.5 Å². The monoisotopic (exact) mass is 221 g/mol. The highest BCUT2D eigenvalue weighted by molar-refractivity contribution is 5.88. The third kappa shape index (κ3) is 1.90. The molecule has 0 spiro atoms.